The first-order valence-corrected chi connectivity index (χ1v) is 5.57. The molecule has 3 heteroatoms. The van der Waals surface area contributed by atoms with Gasteiger partial charge in [-0.2, -0.15) is 0 Å². The molecule has 0 aliphatic rings. The molecule has 2 aromatic rings. The highest BCUT2D eigenvalue weighted by molar-refractivity contribution is 5.84. The van der Waals surface area contributed by atoms with E-state index in [4.69, 9.17) is 5.73 Å². The van der Waals surface area contributed by atoms with Crippen LogP contribution in [0.25, 0.3) is 10.9 Å². The van der Waals surface area contributed by atoms with Crippen molar-refractivity contribution in [2.45, 2.75) is 13.0 Å². The lowest BCUT2D eigenvalue weighted by Crippen LogP contribution is -2.26. The van der Waals surface area contributed by atoms with Gasteiger partial charge < -0.3 is 15.6 Å². The minimum atomic E-state index is 0.274. The van der Waals surface area contributed by atoms with Gasteiger partial charge in [-0.15, -0.1) is 0 Å². The van der Waals surface area contributed by atoms with Gasteiger partial charge in [0.1, 0.15) is 0 Å². The van der Waals surface area contributed by atoms with E-state index in [1.165, 1.54) is 22.0 Å². The topological polar surface area (TPSA) is 45.0 Å². The fourth-order valence-corrected chi connectivity index (χ4v) is 2.15. The number of benzene rings is 1. The summed E-state index contributed by atoms with van der Waals surface area (Å²) in [5.74, 6) is 0. The molecule has 1 aromatic carbocycles. The largest absolute Gasteiger partial charge is 0.361 e. The molecule has 0 spiro atoms. The molecule has 0 fully saturated rings. The monoisotopic (exact) mass is 217 g/mol. The quantitative estimate of drug-likeness (QED) is 0.826. The maximum atomic E-state index is 5.83. The maximum Gasteiger partial charge on any atom is 0.0485 e. The molecule has 3 nitrogen and oxygen atoms in total. The third-order valence-electron chi connectivity index (χ3n) is 3.07. The number of fused-ring (bicyclic) bond motifs is 1. The van der Waals surface area contributed by atoms with Crippen LogP contribution in [0.2, 0.25) is 0 Å². The molecule has 0 saturated carbocycles. The van der Waals surface area contributed by atoms with Crippen LogP contribution >= 0.6 is 0 Å². The SMILES string of the molecule is Cc1ccc2c(C(CN)N(C)C)c[nH]c2c1. The molecular formula is C13H19N3. The zero-order valence-corrected chi connectivity index (χ0v) is 10.1. The Morgan fingerprint density at radius 1 is 1.38 bits per heavy atom. The van der Waals surface area contributed by atoms with Gasteiger partial charge in [-0.05, 0) is 38.2 Å². The van der Waals surface area contributed by atoms with Crippen molar-refractivity contribution < 1.29 is 0 Å². The molecule has 0 saturated heterocycles. The van der Waals surface area contributed by atoms with Crippen LogP contribution in [-0.4, -0.2) is 30.5 Å². The number of nitrogens with two attached hydrogens (primary N) is 1. The number of aromatic nitrogens is 1. The van der Waals surface area contributed by atoms with Crippen LogP contribution in [0.4, 0.5) is 0 Å². The molecule has 0 aliphatic heterocycles. The molecule has 1 heterocycles. The van der Waals surface area contributed by atoms with E-state index in [1.54, 1.807) is 0 Å². The molecule has 16 heavy (non-hydrogen) atoms. The summed E-state index contributed by atoms with van der Waals surface area (Å²) in [5.41, 5.74) is 9.57. The van der Waals surface area contributed by atoms with Gasteiger partial charge >= 0.3 is 0 Å². The van der Waals surface area contributed by atoms with Crippen molar-refractivity contribution in [1.29, 1.82) is 0 Å². The summed E-state index contributed by atoms with van der Waals surface area (Å²) >= 11 is 0. The molecule has 86 valence electrons. The van der Waals surface area contributed by atoms with Crippen molar-refractivity contribution in [2.24, 2.45) is 5.73 Å². The lowest BCUT2D eigenvalue weighted by molar-refractivity contribution is 0.308. The molecule has 1 aromatic heterocycles. The highest BCUT2D eigenvalue weighted by atomic mass is 15.1. The van der Waals surface area contributed by atoms with E-state index in [-0.39, 0.29) is 6.04 Å². The number of likely N-dealkylation sites (N-methyl/N-ethyl adjacent to an activating group) is 1. The van der Waals surface area contributed by atoms with Crippen molar-refractivity contribution in [3.8, 4) is 0 Å². The first kappa shape index (κ1) is 11.2. The lowest BCUT2D eigenvalue weighted by Gasteiger charge is -2.22. The Morgan fingerprint density at radius 2 is 2.12 bits per heavy atom. The van der Waals surface area contributed by atoms with Gasteiger partial charge in [0.25, 0.3) is 0 Å². The molecule has 2 rings (SSSR count). The Kier molecular flexibility index (Phi) is 2.99. The van der Waals surface area contributed by atoms with Crippen molar-refractivity contribution in [2.75, 3.05) is 20.6 Å². The number of aromatic amines is 1. The van der Waals surface area contributed by atoms with Crippen LogP contribution in [0, 0.1) is 6.92 Å². The highest BCUT2D eigenvalue weighted by Crippen LogP contribution is 2.26. The summed E-state index contributed by atoms with van der Waals surface area (Å²) in [6, 6.07) is 6.75. The number of aryl methyl sites for hydroxylation is 1. The van der Waals surface area contributed by atoms with Crippen LogP contribution in [-0.2, 0) is 0 Å². The number of hydrogen-bond acceptors (Lipinski definition) is 2. The van der Waals surface area contributed by atoms with E-state index in [0.29, 0.717) is 6.54 Å². The molecule has 0 bridgehead atoms. The van der Waals surface area contributed by atoms with Gasteiger partial charge in [0.15, 0.2) is 0 Å². The van der Waals surface area contributed by atoms with Gasteiger partial charge in [-0.25, -0.2) is 0 Å². The smallest absolute Gasteiger partial charge is 0.0485 e. The summed E-state index contributed by atoms with van der Waals surface area (Å²) in [6.45, 7) is 2.74. The van der Waals surface area contributed by atoms with Crippen LogP contribution in [0.15, 0.2) is 24.4 Å². The molecule has 0 aliphatic carbocycles. The normalized spacial score (nSPS) is 13.6. The Labute approximate surface area is 96.2 Å². The summed E-state index contributed by atoms with van der Waals surface area (Å²) in [6.07, 6.45) is 2.07. The molecular weight excluding hydrogens is 198 g/mol. The molecule has 0 radical (unpaired) electrons. The second-order valence-corrected chi connectivity index (χ2v) is 4.51. The summed E-state index contributed by atoms with van der Waals surface area (Å²) in [7, 11) is 4.12. The van der Waals surface area contributed by atoms with Gasteiger partial charge in [0.2, 0.25) is 0 Å². The van der Waals surface area contributed by atoms with E-state index >= 15 is 0 Å². The standard InChI is InChI=1S/C13H19N3/c1-9-4-5-10-11(8-15-12(10)6-9)13(7-14)16(2)3/h4-6,8,13,15H,7,14H2,1-3H3. The van der Waals surface area contributed by atoms with Crippen molar-refractivity contribution >= 4 is 10.9 Å². The lowest BCUT2D eigenvalue weighted by atomic mass is 10.0. The molecule has 1 atom stereocenters. The van der Waals surface area contributed by atoms with Crippen molar-refractivity contribution in [3.05, 3.63) is 35.5 Å². The Balaban J connectivity index is 2.52. The third-order valence-corrected chi connectivity index (χ3v) is 3.07. The molecule has 3 N–H and O–H groups in total. The van der Waals surface area contributed by atoms with E-state index in [2.05, 4.69) is 55.3 Å². The zero-order chi connectivity index (χ0) is 11.7. The van der Waals surface area contributed by atoms with Crippen LogP contribution in [0.5, 0.6) is 0 Å². The minimum absolute atomic E-state index is 0.274. The fraction of sp³-hybridized carbons (Fsp3) is 0.385. The second-order valence-electron chi connectivity index (χ2n) is 4.51. The van der Waals surface area contributed by atoms with E-state index in [9.17, 15) is 0 Å². The highest BCUT2D eigenvalue weighted by Gasteiger charge is 2.15. The Bertz CT molecular complexity index is 485. The number of H-pyrrole nitrogens is 1. The third kappa shape index (κ3) is 1.84. The van der Waals surface area contributed by atoms with Crippen LogP contribution in [0.3, 0.4) is 0 Å². The summed E-state index contributed by atoms with van der Waals surface area (Å²) < 4.78 is 0. The summed E-state index contributed by atoms with van der Waals surface area (Å²) in [4.78, 5) is 5.47. The average Bonchev–Trinajstić information content (AvgIpc) is 2.62. The first-order valence-electron chi connectivity index (χ1n) is 5.57. The second kappa shape index (κ2) is 4.28. The number of nitrogens with zero attached hydrogens (tertiary/aromatic N) is 1. The fourth-order valence-electron chi connectivity index (χ4n) is 2.15. The Hall–Kier alpha value is -1.32. The van der Waals surface area contributed by atoms with Crippen LogP contribution < -0.4 is 5.73 Å². The maximum absolute atomic E-state index is 5.83. The minimum Gasteiger partial charge on any atom is -0.361 e. The zero-order valence-electron chi connectivity index (χ0n) is 10.1. The number of nitrogens with one attached hydrogen (secondary N) is 1. The molecule has 0 amide bonds. The molecule has 1 unspecified atom stereocenters. The van der Waals surface area contributed by atoms with Gasteiger partial charge in [-0.3, -0.25) is 0 Å². The average molecular weight is 217 g/mol. The van der Waals surface area contributed by atoms with Gasteiger partial charge in [-0.1, -0.05) is 12.1 Å². The van der Waals surface area contributed by atoms with Crippen molar-refractivity contribution in [3.63, 3.8) is 0 Å². The van der Waals surface area contributed by atoms with Crippen molar-refractivity contribution in [1.82, 2.24) is 9.88 Å². The van der Waals surface area contributed by atoms with E-state index < -0.39 is 0 Å². The van der Waals surface area contributed by atoms with E-state index in [1.807, 2.05) is 0 Å². The number of rotatable bonds is 3. The van der Waals surface area contributed by atoms with Gasteiger partial charge in [0, 0.05) is 29.7 Å². The number of hydrogen-bond donors (Lipinski definition) is 2. The van der Waals surface area contributed by atoms with Crippen LogP contribution in [0.1, 0.15) is 17.2 Å². The predicted octanol–water partition coefficient (Wildman–Crippen LogP) is 2.04. The van der Waals surface area contributed by atoms with Gasteiger partial charge in [0.05, 0.1) is 0 Å². The van der Waals surface area contributed by atoms with E-state index in [0.717, 1.165) is 0 Å². The Morgan fingerprint density at radius 3 is 2.75 bits per heavy atom. The first-order chi connectivity index (χ1) is 7.63. The predicted molar refractivity (Wildman–Crippen MR) is 68.5 cm³/mol. The summed E-state index contributed by atoms with van der Waals surface area (Å²) in [5, 5.41) is 1.27.